The summed E-state index contributed by atoms with van der Waals surface area (Å²) in [7, 11) is 0. The molecule has 0 aliphatic carbocycles. The van der Waals surface area contributed by atoms with Crippen LogP contribution in [0.25, 0.3) is 0 Å². The van der Waals surface area contributed by atoms with Crippen LogP contribution in [0.4, 0.5) is 0 Å². The van der Waals surface area contributed by atoms with E-state index < -0.39 is 0 Å². The molecule has 0 spiro atoms. The zero-order valence-corrected chi connectivity index (χ0v) is 16.8. The van der Waals surface area contributed by atoms with Crippen LogP contribution < -0.4 is 9.47 Å². The fraction of sp³-hybridized carbons (Fsp3) is 0.280. The Morgan fingerprint density at radius 2 is 1.03 bits per heavy atom. The lowest BCUT2D eigenvalue weighted by Crippen LogP contribution is -2.28. The Labute approximate surface area is 172 Å². The van der Waals surface area contributed by atoms with Gasteiger partial charge >= 0.3 is 0 Å². The van der Waals surface area contributed by atoms with Gasteiger partial charge in [0.1, 0.15) is 24.7 Å². The minimum Gasteiger partial charge on any atom is -0.491 e. The molecule has 4 heteroatoms. The number of rotatable bonds is 10. The van der Waals surface area contributed by atoms with Crippen LogP contribution in [-0.4, -0.2) is 36.6 Å². The lowest BCUT2D eigenvalue weighted by Gasteiger charge is -2.35. The summed E-state index contributed by atoms with van der Waals surface area (Å²) in [5.74, 6) is 1.49. The molecule has 0 bridgehead atoms. The van der Waals surface area contributed by atoms with E-state index in [4.69, 9.17) is 19.7 Å². The van der Waals surface area contributed by atoms with E-state index in [1.54, 1.807) is 0 Å². The van der Waals surface area contributed by atoms with Gasteiger partial charge in [-0.15, -0.1) is 0 Å². The SMILES string of the molecule is CCC(c1ccccc1)(c1ccc(OCCO)cc1)c1ccc(OCCO)cc1. The fourth-order valence-corrected chi connectivity index (χ4v) is 3.83. The van der Waals surface area contributed by atoms with E-state index in [-0.39, 0.29) is 31.8 Å². The number of aliphatic hydroxyl groups is 2. The number of hydrogen-bond acceptors (Lipinski definition) is 4. The van der Waals surface area contributed by atoms with E-state index in [9.17, 15) is 0 Å². The van der Waals surface area contributed by atoms with Crippen molar-refractivity contribution < 1.29 is 19.7 Å². The maximum Gasteiger partial charge on any atom is 0.119 e. The highest BCUT2D eigenvalue weighted by atomic mass is 16.5. The zero-order chi connectivity index (χ0) is 20.5. The molecule has 0 amide bonds. The van der Waals surface area contributed by atoms with E-state index >= 15 is 0 Å². The molecule has 0 aliphatic rings. The molecule has 0 fully saturated rings. The fourth-order valence-electron chi connectivity index (χ4n) is 3.83. The molecule has 152 valence electrons. The number of hydrogen-bond donors (Lipinski definition) is 2. The molecule has 3 aromatic carbocycles. The van der Waals surface area contributed by atoms with Crippen LogP contribution in [0.2, 0.25) is 0 Å². The van der Waals surface area contributed by atoms with Crippen molar-refractivity contribution >= 4 is 0 Å². The predicted molar refractivity (Wildman–Crippen MR) is 115 cm³/mol. The molecule has 0 aromatic heterocycles. The smallest absolute Gasteiger partial charge is 0.119 e. The van der Waals surface area contributed by atoms with Gasteiger partial charge in [-0.1, -0.05) is 61.5 Å². The lowest BCUT2D eigenvalue weighted by molar-refractivity contribution is 0.201. The summed E-state index contributed by atoms with van der Waals surface area (Å²) >= 11 is 0. The Morgan fingerprint density at radius 1 is 0.621 bits per heavy atom. The highest BCUT2D eigenvalue weighted by Crippen LogP contribution is 2.42. The molecule has 2 N–H and O–H groups in total. The minimum atomic E-state index is -0.313. The summed E-state index contributed by atoms with van der Waals surface area (Å²) < 4.78 is 11.1. The first-order valence-electron chi connectivity index (χ1n) is 9.98. The van der Waals surface area contributed by atoms with Crippen LogP contribution in [0.15, 0.2) is 78.9 Å². The Bertz CT molecular complexity index is 806. The first-order chi connectivity index (χ1) is 14.2. The first-order valence-corrected chi connectivity index (χ1v) is 9.98. The van der Waals surface area contributed by atoms with Crippen molar-refractivity contribution in [2.24, 2.45) is 0 Å². The topological polar surface area (TPSA) is 58.9 Å². The summed E-state index contributed by atoms with van der Waals surface area (Å²) in [6.45, 7) is 2.75. The molecule has 29 heavy (non-hydrogen) atoms. The van der Waals surface area contributed by atoms with Gasteiger partial charge in [-0.2, -0.15) is 0 Å². The molecule has 0 unspecified atom stereocenters. The monoisotopic (exact) mass is 392 g/mol. The summed E-state index contributed by atoms with van der Waals surface area (Å²) in [6, 6.07) is 26.7. The standard InChI is InChI=1S/C25H28O4/c1-2-25(20-6-4-3-5-7-20,21-8-12-23(13-9-21)28-18-16-26)22-10-14-24(15-11-22)29-19-17-27/h3-15,26-27H,2,16-19H2,1H3. The molecule has 0 atom stereocenters. The van der Waals surface area contributed by atoms with E-state index in [0.29, 0.717) is 0 Å². The quantitative estimate of drug-likeness (QED) is 0.509. The Morgan fingerprint density at radius 3 is 1.41 bits per heavy atom. The van der Waals surface area contributed by atoms with Crippen molar-refractivity contribution in [2.75, 3.05) is 26.4 Å². The van der Waals surface area contributed by atoms with Crippen molar-refractivity contribution in [2.45, 2.75) is 18.8 Å². The Hall–Kier alpha value is -2.82. The summed E-state index contributed by atoms with van der Waals surface area (Å²) in [5, 5.41) is 17.9. The third kappa shape index (κ3) is 4.61. The minimum absolute atomic E-state index is 0.00460. The van der Waals surface area contributed by atoms with Crippen molar-refractivity contribution in [3.05, 3.63) is 95.6 Å². The highest BCUT2D eigenvalue weighted by Gasteiger charge is 2.34. The van der Waals surface area contributed by atoms with Gasteiger partial charge in [0, 0.05) is 5.41 Å². The van der Waals surface area contributed by atoms with Gasteiger partial charge in [0.05, 0.1) is 13.2 Å². The molecule has 0 heterocycles. The average Bonchev–Trinajstić information content (AvgIpc) is 2.79. The van der Waals surface area contributed by atoms with Crippen molar-refractivity contribution in [1.82, 2.24) is 0 Å². The second-order valence-corrected chi connectivity index (χ2v) is 6.82. The highest BCUT2D eigenvalue weighted by molar-refractivity contribution is 5.52. The van der Waals surface area contributed by atoms with E-state index in [0.717, 1.165) is 17.9 Å². The van der Waals surface area contributed by atoms with Gasteiger partial charge in [-0.05, 0) is 47.4 Å². The van der Waals surface area contributed by atoms with Gasteiger partial charge in [0.15, 0.2) is 0 Å². The van der Waals surface area contributed by atoms with Crippen molar-refractivity contribution in [1.29, 1.82) is 0 Å². The Kier molecular flexibility index (Phi) is 7.28. The van der Waals surface area contributed by atoms with Gasteiger partial charge in [-0.25, -0.2) is 0 Å². The van der Waals surface area contributed by atoms with E-state index in [2.05, 4.69) is 55.5 Å². The molecule has 3 rings (SSSR count). The van der Waals surface area contributed by atoms with E-state index in [1.807, 2.05) is 30.3 Å². The maximum absolute atomic E-state index is 8.97. The molecule has 0 saturated heterocycles. The van der Waals surface area contributed by atoms with Crippen LogP contribution in [0.1, 0.15) is 30.0 Å². The van der Waals surface area contributed by atoms with Gasteiger partial charge in [0.25, 0.3) is 0 Å². The van der Waals surface area contributed by atoms with Crippen LogP contribution in [0, 0.1) is 0 Å². The van der Waals surface area contributed by atoms with E-state index in [1.165, 1.54) is 16.7 Å². The zero-order valence-electron chi connectivity index (χ0n) is 16.8. The van der Waals surface area contributed by atoms with Crippen molar-refractivity contribution in [3.8, 4) is 11.5 Å². The molecular formula is C25H28O4. The largest absolute Gasteiger partial charge is 0.491 e. The van der Waals surface area contributed by atoms with Crippen LogP contribution in [0.3, 0.4) is 0 Å². The molecule has 4 nitrogen and oxygen atoms in total. The average molecular weight is 392 g/mol. The summed E-state index contributed by atoms with van der Waals surface area (Å²) in [4.78, 5) is 0. The van der Waals surface area contributed by atoms with Gasteiger partial charge in [0.2, 0.25) is 0 Å². The third-order valence-electron chi connectivity index (χ3n) is 5.21. The molecule has 0 aliphatic heterocycles. The third-order valence-corrected chi connectivity index (χ3v) is 5.21. The van der Waals surface area contributed by atoms with Crippen LogP contribution in [0.5, 0.6) is 11.5 Å². The number of ether oxygens (including phenoxy) is 2. The predicted octanol–water partition coefficient (Wildman–Crippen LogP) is 4.17. The maximum atomic E-state index is 8.97. The molecule has 0 radical (unpaired) electrons. The summed E-state index contributed by atoms with van der Waals surface area (Å²) in [5.41, 5.74) is 3.25. The molecule has 0 saturated carbocycles. The normalized spacial score (nSPS) is 11.3. The molecule has 3 aromatic rings. The number of benzene rings is 3. The lowest BCUT2D eigenvalue weighted by atomic mass is 9.68. The van der Waals surface area contributed by atoms with Crippen LogP contribution in [-0.2, 0) is 5.41 Å². The van der Waals surface area contributed by atoms with Gasteiger partial charge < -0.3 is 19.7 Å². The first kappa shape index (κ1) is 20.9. The second kappa shape index (κ2) is 10.1. The second-order valence-electron chi connectivity index (χ2n) is 6.82. The van der Waals surface area contributed by atoms with Crippen LogP contribution >= 0.6 is 0 Å². The summed E-state index contributed by atoms with van der Waals surface area (Å²) in [6.07, 6.45) is 0.880. The Balaban J connectivity index is 2.05. The molecular weight excluding hydrogens is 364 g/mol. The number of aliphatic hydroxyl groups excluding tert-OH is 2. The van der Waals surface area contributed by atoms with Gasteiger partial charge in [-0.3, -0.25) is 0 Å². The van der Waals surface area contributed by atoms with Crippen molar-refractivity contribution in [3.63, 3.8) is 0 Å².